The number of hydrogen-bond acceptors (Lipinski definition) is 4. The van der Waals surface area contributed by atoms with E-state index in [9.17, 15) is 5.26 Å². The minimum atomic E-state index is -0.924. The van der Waals surface area contributed by atoms with Gasteiger partial charge in [0.2, 0.25) is 0 Å². The zero-order valence-corrected chi connectivity index (χ0v) is 13.8. The molecule has 0 spiro atoms. The number of rotatable bonds is 3. The van der Waals surface area contributed by atoms with Crippen LogP contribution in [0.3, 0.4) is 0 Å². The minimum Gasteiger partial charge on any atom is -0.497 e. The Morgan fingerprint density at radius 1 is 1.08 bits per heavy atom. The first-order valence-electron chi connectivity index (χ1n) is 8.12. The van der Waals surface area contributed by atoms with Gasteiger partial charge < -0.3 is 10.1 Å². The number of aromatic nitrogens is 1. The van der Waals surface area contributed by atoms with Crippen molar-refractivity contribution in [2.24, 2.45) is 0 Å². The molecule has 1 aliphatic heterocycles. The van der Waals surface area contributed by atoms with Gasteiger partial charge in [0.25, 0.3) is 0 Å². The number of nitrogens with zero attached hydrogens (tertiary/aromatic N) is 2. The van der Waals surface area contributed by atoms with Gasteiger partial charge in [0.1, 0.15) is 5.75 Å². The van der Waals surface area contributed by atoms with Crippen LogP contribution < -0.4 is 10.1 Å². The molecule has 4 rings (SSSR count). The molecule has 122 valence electrons. The Labute approximate surface area is 146 Å². The molecule has 4 nitrogen and oxygen atoms in total. The Balaban J connectivity index is 1.99. The highest BCUT2D eigenvalue weighted by molar-refractivity contribution is 5.68. The molecule has 1 N–H and O–H groups in total. The van der Waals surface area contributed by atoms with Crippen LogP contribution in [0.15, 0.2) is 72.9 Å². The summed E-state index contributed by atoms with van der Waals surface area (Å²) < 4.78 is 5.38. The SMILES string of the molecule is COc1cccc([C@]2(C#N)c3ncccc3N[C@H]2c2ccccc2)c1. The number of fused-ring (bicyclic) bond motifs is 1. The molecule has 2 aromatic carbocycles. The van der Waals surface area contributed by atoms with Gasteiger partial charge in [-0.05, 0) is 35.4 Å². The summed E-state index contributed by atoms with van der Waals surface area (Å²) in [6, 6.07) is 23.9. The number of pyridine rings is 1. The fourth-order valence-corrected chi connectivity index (χ4v) is 3.57. The molecule has 2 heterocycles. The first-order chi connectivity index (χ1) is 12.3. The van der Waals surface area contributed by atoms with Crippen molar-refractivity contribution in [3.8, 4) is 11.8 Å². The highest BCUT2D eigenvalue weighted by Crippen LogP contribution is 2.51. The molecule has 0 amide bonds. The van der Waals surface area contributed by atoms with Gasteiger partial charge in [0, 0.05) is 6.20 Å². The predicted octanol–water partition coefficient (Wildman–Crippen LogP) is 4.07. The second-order valence-electron chi connectivity index (χ2n) is 6.04. The Bertz CT molecular complexity index is 949. The van der Waals surface area contributed by atoms with Crippen LogP contribution in [0.1, 0.15) is 22.9 Å². The van der Waals surface area contributed by atoms with Crippen molar-refractivity contribution in [2.45, 2.75) is 11.5 Å². The first kappa shape index (κ1) is 15.2. The lowest BCUT2D eigenvalue weighted by atomic mass is 9.72. The predicted molar refractivity (Wildman–Crippen MR) is 96.4 cm³/mol. The van der Waals surface area contributed by atoms with Gasteiger partial charge in [-0.15, -0.1) is 0 Å². The standard InChI is InChI=1S/C21H17N3O/c1-25-17-10-5-9-16(13-17)21(14-22)19(15-7-3-2-4-8-15)24-18-11-6-12-23-20(18)21/h2-13,19,24H,1H3/t19-,21-/m0/s1. The lowest BCUT2D eigenvalue weighted by Gasteiger charge is -2.29. The van der Waals surface area contributed by atoms with E-state index in [1.807, 2.05) is 66.7 Å². The van der Waals surface area contributed by atoms with E-state index in [1.54, 1.807) is 13.3 Å². The molecular weight excluding hydrogens is 310 g/mol. The molecule has 0 saturated carbocycles. The largest absolute Gasteiger partial charge is 0.497 e. The van der Waals surface area contributed by atoms with Crippen molar-refractivity contribution in [1.29, 1.82) is 5.26 Å². The van der Waals surface area contributed by atoms with E-state index in [0.717, 1.165) is 28.3 Å². The highest BCUT2D eigenvalue weighted by Gasteiger charge is 2.51. The van der Waals surface area contributed by atoms with E-state index >= 15 is 0 Å². The molecule has 0 radical (unpaired) electrons. The van der Waals surface area contributed by atoms with E-state index in [2.05, 4.69) is 16.4 Å². The van der Waals surface area contributed by atoms with Crippen LogP contribution in [0, 0.1) is 11.3 Å². The lowest BCUT2D eigenvalue weighted by molar-refractivity contribution is 0.413. The average Bonchev–Trinajstić information content (AvgIpc) is 3.04. The van der Waals surface area contributed by atoms with Crippen LogP contribution >= 0.6 is 0 Å². The maximum Gasteiger partial charge on any atom is 0.150 e. The van der Waals surface area contributed by atoms with Gasteiger partial charge in [-0.1, -0.05) is 42.5 Å². The summed E-state index contributed by atoms with van der Waals surface area (Å²) in [7, 11) is 1.63. The summed E-state index contributed by atoms with van der Waals surface area (Å²) in [6.45, 7) is 0. The Morgan fingerprint density at radius 3 is 2.68 bits per heavy atom. The van der Waals surface area contributed by atoms with Gasteiger partial charge >= 0.3 is 0 Å². The molecule has 0 bridgehead atoms. The lowest BCUT2D eigenvalue weighted by Crippen LogP contribution is -2.32. The fourth-order valence-electron chi connectivity index (χ4n) is 3.57. The molecule has 25 heavy (non-hydrogen) atoms. The monoisotopic (exact) mass is 327 g/mol. The van der Waals surface area contributed by atoms with Gasteiger partial charge in [-0.2, -0.15) is 5.26 Å². The van der Waals surface area contributed by atoms with Gasteiger partial charge in [-0.25, -0.2) is 0 Å². The third-order valence-electron chi connectivity index (χ3n) is 4.75. The number of anilines is 1. The Kier molecular flexibility index (Phi) is 3.62. The smallest absolute Gasteiger partial charge is 0.150 e. The third-order valence-corrected chi connectivity index (χ3v) is 4.75. The summed E-state index contributed by atoms with van der Waals surface area (Å²) in [5.74, 6) is 0.725. The molecular formula is C21H17N3O. The maximum absolute atomic E-state index is 10.3. The van der Waals surface area contributed by atoms with Gasteiger partial charge in [0.05, 0.1) is 30.6 Å². The van der Waals surface area contributed by atoms with E-state index < -0.39 is 5.41 Å². The molecule has 1 aromatic heterocycles. The highest BCUT2D eigenvalue weighted by atomic mass is 16.5. The van der Waals surface area contributed by atoms with Crippen LogP contribution in [0.25, 0.3) is 0 Å². The zero-order valence-electron chi connectivity index (χ0n) is 13.8. The molecule has 0 aliphatic carbocycles. The van der Waals surface area contributed by atoms with Crippen molar-refractivity contribution in [1.82, 2.24) is 4.98 Å². The van der Waals surface area contributed by atoms with Crippen molar-refractivity contribution in [3.05, 3.63) is 89.7 Å². The second kappa shape index (κ2) is 5.95. The number of hydrogen-bond donors (Lipinski definition) is 1. The minimum absolute atomic E-state index is 0.226. The Hall–Kier alpha value is -3.32. The summed E-state index contributed by atoms with van der Waals surface area (Å²) in [4.78, 5) is 4.57. The summed E-state index contributed by atoms with van der Waals surface area (Å²) in [5.41, 5.74) is 2.63. The molecule has 0 saturated heterocycles. The van der Waals surface area contributed by atoms with E-state index in [1.165, 1.54) is 0 Å². The average molecular weight is 327 g/mol. The summed E-state index contributed by atoms with van der Waals surface area (Å²) >= 11 is 0. The number of nitriles is 1. The van der Waals surface area contributed by atoms with Crippen molar-refractivity contribution >= 4 is 5.69 Å². The second-order valence-corrected chi connectivity index (χ2v) is 6.04. The topological polar surface area (TPSA) is 57.9 Å². The summed E-state index contributed by atoms with van der Waals surface area (Å²) in [6.07, 6.45) is 1.74. The van der Waals surface area contributed by atoms with Crippen LogP contribution in [-0.2, 0) is 5.41 Å². The van der Waals surface area contributed by atoms with Crippen LogP contribution in [0.4, 0.5) is 5.69 Å². The van der Waals surface area contributed by atoms with Crippen LogP contribution in [0.5, 0.6) is 5.75 Å². The number of ether oxygens (including phenoxy) is 1. The first-order valence-corrected chi connectivity index (χ1v) is 8.12. The molecule has 0 unspecified atom stereocenters. The molecule has 2 atom stereocenters. The molecule has 0 fully saturated rings. The van der Waals surface area contributed by atoms with E-state index in [4.69, 9.17) is 4.74 Å². The van der Waals surface area contributed by atoms with Crippen molar-refractivity contribution in [3.63, 3.8) is 0 Å². The van der Waals surface area contributed by atoms with Crippen molar-refractivity contribution < 1.29 is 4.74 Å². The maximum atomic E-state index is 10.3. The van der Waals surface area contributed by atoms with Crippen molar-refractivity contribution in [2.75, 3.05) is 12.4 Å². The molecule has 1 aliphatic rings. The molecule has 4 heteroatoms. The van der Waals surface area contributed by atoms with Crippen LogP contribution in [-0.4, -0.2) is 12.1 Å². The fraction of sp³-hybridized carbons (Fsp3) is 0.143. The molecule has 3 aromatic rings. The van der Waals surface area contributed by atoms with Gasteiger partial charge in [0.15, 0.2) is 5.41 Å². The number of benzene rings is 2. The summed E-state index contributed by atoms with van der Waals surface area (Å²) in [5, 5.41) is 13.8. The number of nitrogens with one attached hydrogen (secondary N) is 1. The van der Waals surface area contributed by atoms with E-state index in [-0.39, 0.29) is 6.04 Å². The van der Waals surface area contributed by atoms with Crippen LogP contribution in [0.2, 0.25) is 0 Å². The van der Waals surface area contributed by atoms with Gasteiger partial charge in [-0.3, -0.25) is 4.98 Å². The third kappa shape index (κ3) is 2.25. The zero-order chi connectivity index (χ0) is 17.3. The normalized spacial score (nSPS) is 21.0. The van der Waals surface area contributed by atoms with E-state index in [0.29, 0.717) is 0 Å². The Morgan fingerprint density at radius 2 is 1.92 bits per heavy atom. The number of methoxy groups -OCH3 is 1. The quantitative estimate of drug-likeness (QED) is 0.788.